The molecule has 2 rings (SSSR count). The Kier molecular flexibility index (Phi) is 6.62. The van der Waals surface area contributed by atoms with E-state index in [-0.39, 0.29) is 31.2 Å². The zero-order chi connectivity index (χ0) is 17.5. The molecule has 1 saturated heterocycles. The Bertz CT molecular complexity index is 592. The summed E-state index contributed by atoms with van der Waals surface area (Å²) in [4.78, 5) is 27.9. The third kappa shape index (κ3) is 4.72. The highest BCUT2D eigenvalue weighted by Crippen LogP contribution is 2.11. The SMILES string of the molecule is COCCN(CC(=O)N1CCNCC1)C(=O)c1ccc(F)c(F)c1. The first-order chi connectivity index (χ1) is 11.5. The molecule has 1 aromatic carbocycles. The van der Waals surface area contributed by atoms with Crippen LogP contribution in [0, 0.1) is 11.6 Å². The van der Waals surface area contributed by atoms with E-state index in [1.54, 1.807) is 4.90 Å². The molecule has 6 nitrogen and oxygen atoms in total. The van der Waals surface area contributed by atoms with Gasteiger partial charge in [-0.15, -0.1) is 0 Å². The van der Waals surface area contributed by atoms with Crippen molar-refractivity contribution in [2.75, 3.05) is 53.0 Å². The molecule has 0 aliphatic carbocycles. The summed E-state index contributed by atoms with van der Waals surface area (Å²) < 4.78 is 31.4. The molecular formula is C16H21F2N3O3. The van der Waals surface area contributed by atoms with Crippen molar-refractivity contribution < 1.29 is 23.1 Å². The van der Waals surface area contributed by atoms with Crippen LogP contribution in [-0.4, -0.2) is 74.6 Å². The number of halogens is 2. The van der Waals surface area contributed by atoms with Crippen molar-refractivity contribution in [3.8, 4) is 0 Å². The van der Waals surface area contributed by atoms with Gasteiger partial charge in [0.25, 0.3) is 5.91 Å². The van der Waals surface area contributed by atoms with Gasteiger partial charge in [0.2, 0.25) is 5.91 Å². The minimum absolute atomic E-state index is 0.00175. The lowest BCUT2D eigenvalue weighted by Gasteiger charge is -2.30. The summed E-state index contributed by atoms with van der Waals surface area (Å²) >= 11 is 0. The highest BCUT2D eigenvalue weighted by Gasteiger charge is 2.23. The molecule has 1 heterocycles. The van der Waals surface area contributed by atoms with E-state index in [1.165, 1.54) is 18.1 Å². The van der Waals surface area contributed by atoms with Crippen LogP contribution in [0.3, 0.4) is 0 Å². The van der Waals surface area contributed by atoms with Crippen molar-refractivity contribution in [3.63, 3.8) is 0 Å². The van der Waals surface area contributed by atoms with Gasteiger partial charge in [0.15, 0.2) is 11.6 Å². The van der Waals surface area contributed by atoms with Crippen LogP contribution in [0.4, 0.5) is 8.78 Å². The topological polar surface area (TPSA) is 61.9 Å². The molecule has 0 atom stereocenters. The average molecular weight is 341 g/mol. The number of carbonyl (C=O) groups excluding carboxylic acids is 2. The molecule has 1 fully saturated rings. The lowest BCUT2D eigenvalue weighted by Crippen LogP contribution is -2.50. The quantitative estimate of drug-likeness (QED) is 0.818. The number of rotatable bonds is 6. The summed E-state index contributed by atoms with van der Waals surface area (Å²) in [6.45, 7) is 2.88. The van der Waals surface area contributed by atoms with Crippen LogP contribution in [0.5, 0.6) is 0 Å². The molecule has 0 spiro atoms. The Hall–Kier alpha value is -2.06. The fourth-order valence-corrected chi connectivity index (χ4v) is 2.44. The van der Waals surface area contributed by atoms with E-state index in [1.807, 2.05) is 0 Å². The molecule has 2 amide bonds. The van der Waals surface area contributed by atoms with Gasteiger partial charge in [0.05, 0.1) is 6.61 Å². The first-order valence-corrected chi connectivity index (χ1v) is 7.74. The van der Waals surface area contributed by atoms with E-state index >= 15 is 0 Å². The van der Waals surface area contributed by atoms with Gasteiger partial charge in [0.1, 0.15) is 6.54 Å². The average Bonchev–Trinajstić information content (AvgIpc) is 2.61. The lowest BCUT2D eigenvalue weighted by molar-refractivity contribution is -0.132. The molecular weight excluding hydrogens is 320 g/mol. The van der Waals surface area contributed by atoms with Crippen molar-refractivity contribution in [3.05, 3.63) is 35.4 Å². The summed E-state index contributed by atoms with van der Waals surface area (Å²) in [5.41, 5.74) is -0.00175. The molecule has 24 heavy (non-hydrogen) atoms. The van der Waals surface area contributed by atoms with Crippen LogP contribution in [0.15, 0.2) is 18.2 Å². The predicted octanol–water partition coefficient (Wildman–Crippen LogP) is 0.485. The maximum absolute atomic E-state index is 13.4. The second kappa shape index (κ2) is 8.70. The smallest absolute Gasteiger partial charge is 0.254 e. The summed E-state index contributed by atoms with van der Waals surface area (Å²) in [6, 6.07) is 2.94. The number of piperazine rings is 1. The zero-order valence-electron chi connectivity index (χ0n) is 13.6. The Labute approximate surface area is 139 Å². The third-order valence-corrected chi connectivity index (χ3v) is 3.81. The van der Waals surface area contributed by atoms with E-state index in [2.05, 4.69) is 5.32 Å². The van der Waals surface area contributed by atoms with Gasteiger partial charge in [-0.05, 0) is 18.2 Å². The lowest BCUT2D eigenvalue weighted by atomic mass is 10.2. The van der Waals surface area contributed by atoms with Crippen molar-refractivity contribution in [1.29, 1.82) is 0 Å². The van der Waals surface area contributed by atoms with Gasteiger partial charge >= 0.3 is 0 Å². The largest absolute Gasteiger partial charge is 0.383 e. The predicted molar refractivity (Wildman–Crippen MR) is 83.6 cm³/mol. The van der Waals surface area contributed by atoms with Crippen molar-refractivity contribution >= 4 is 11.8 Å². The number of amides is 2. The van der Waals surface area contributed by atoms with Gasteiger partial charge in [-0.2, -0.15) is 0 Å². The molecule has 1 aromatic rings. The van der Waals surface area contributed by atoms with Crippen molar-refractivity contribution in [1.82, 2.24) is 15.1 Å². The van der Waals surface area contributed by atoms with Crippen LogP contribution < -0.4 is 5.32 Å². The first kappa shape index (κ1) is 18.3. The number of benzene rings is 1. The van der Waals surface area contributed by atoms with Crippen LogP contribution >= 0.6 is 0 Å². The van der Waals surface area contributed by atoms with E-state index < -0.39 is 17.5 Å². The number of methoxy groups -OCH3 is 1. The molecule has 1 N–H and O–H groups in total. The standard InChI is InChI=1S/C16H21F2N3O3/c1-24-9-8-21(11-15(22)20-6-4-19-5-7-20)16(23)12-2-3-13(17)14(18)10-12/h2-3,10,19H,4-9,11H2,1H3. The van der Waals surface area contributed by atoms with E-state index in [0.29, 0.717) is 26.2 Å². The van der Waals surface area contributed by atoms with Gasteiger partial charge < -0.3 is 19.9 Å². The van der Waals surface area contributed by atoms with E-state index in [9.17, 15) is 18.4 Å². The normalized spacial score (nSPS) is 14.5. The summed E-state index contributed by atoms with van der Waals surface area (Å²) in [5.74, 6) is -2.83. The van der Waals surface area contributed by atoms with E-state index in [0.717, 1.165) is 12.1 Å². The monoisotopic (exact) mass is 341 g/mol. The fraction of sp³-hybridized carbons (Fsp3) is 0.500. The Balaban J connectivity index is 2.09. The third-order valence-electron chi connectivity index (χ3n) is 3.81. The molecule has 1 aliphatic heterocycles. The molecule has 0 saturated carbocycles. The fourth-order valence-electron chi connectivity index (χ4n) is 2.44. The number of hydrogen-bond donors (Lipinski definition) is 1. The minimum atomic E-state index is -1.10. The number of nitrogens with one attached hydrogen (secondary N) is 1. The summed E-state index contributed by atoms with van der Waals surface area (Å²) in [7, 11) is 1.48. The van der Waals surface area contributed by atoms with E-state index in [4.69, 9.17) is 4.74 Å². The Morgan fingerprint density at radius 1 is 1.25 bits per heavy atom. The molecule has 8 heteroatoms. The summed E-state index contributed by atoms with van der Waals surface area (Å²) in [6.07, 6.45) is 0. The van der Waals surface area contributed by atoms with Crippen LogP contribution in [0.25, 0.3) is 0 Å². The Morgan fingerprint density at radius 2 is 1.96 bits per heavy atom. The zero-order valence-corrected chi connectivity index (χ0v) is 13.6. The molecule has 132 valence electrons. The highest BCUT2D eigenvalue weighted by atomic mass is 19.2. The number of carbonyl (C=O) groups is 2. The van der Waals surface area contributed by atoms with Crippen LogP contribution in [0.2, 0.25) is 0 Å². The van der Waals surface area contributed by atoms with Crippen molar-refractivity contribution in [2.45, 2.75) is 0 Å². The van der Waals surface area contributed by atoms with Gasteiger partial charge in [-0.3, -0.25) is 9.59 Å². The second-order valence-corrected chi connectivity index (χ2v) is 5.48. The van der Waals surface area contributed by atoms with Crippen LogP contribution in [-0.2, 0) is 9.53 Å². The summed E-state index contributed by atoms with van der Waals surface area (Å²) in [5, 5.41) is 3.15. The molecule has 0 unspecified atom stereocenters. The number of nitrogens with zero attached hydrogens (tertiary/aromatic N) is 2. The molecule has 0 radical (unpaired) electrons. The second-order valence-electron chi connectivity index (χ2n) is 5.48. The minimum Gasteiger partial charge on any atom is -0.383 e. The van der Waals surface area contributed by atoms with Gasteiger partial charge in [0, 0.05) is 45.4 Å². The van der Waals surface area contributed by atoms with Gasteiger partial charge in [-0.25, -0.2) is 8.78 Å². The van der Waals surface area contributed by atoms with Gasteiger partial charge in [-0.1, -0.05) is 0 Å². The number of hydrogen-bond acceptors (Lipinski definition) is 4. The maximum atomic E-state index is 13.4. The molecule has 0 bridgehead atoms. The van der Waals surface area contributed by atoms with Crippen LogP contribution in [0.1, 0.15) is 10.4 Å². The molecule has 0 aromatic heterocycles. The Morgan fingerprint density at radius 3 is 2.58 bits per heavy atom. The molecule has 1 aliphatic rings. The number of ether oxygens (including phenoxy) is 1. The van der Waals surface area contributed by atoms with Crippen molar-refractivity contribution in [2.24, 2.45) is 0 Å². The first-order valence-electron chi connectivity index (χ1n) is 7.74. The maximum Gasteiger partial charge on any atom is 0.254 e. The highest BCUT2D eigenvalue weighted by molar-refractivity contribution is 5.96.